The van der Waals surface area contributed by atoms with Crippen LogP contribution in [-0.2, 0) is 13.6 Å². The molecule has 9 heteroatoms. The Balaban J connectivity index is 2.91. The molecule has 4 nitrogen and oxygen atoms in total. The minimum absolute atomic E-state index is 0.0288. The Kier molecular flexibility index (Phi) is 6.74. The number of rotatable bonds is 7. The first kappa shape index (κ1) is 18.5. The highest BCUT2D eigenvalue weighted by atomic mass is 32.2. The minimum atomic E-state index is -4.35. The molecule has 1 aromatic rings. The van der Waals surface area contributed by atoms with Crippen LogP contribution in [0.1, 0.15) is 25.2 Å². The van der Waals surface area contributed by atoms with Gasteiger partial charge in [0.05, 0.1) is 13.2 Å². The van der Waals surface area contributed by atoms with E-state index in [0.29, 0.717) is 5.56 Å². The molecule has 0 amide bonds. The molecule has 0 bridgehead atoms. The molecular weight excluding hydrogens is 326 g/mol. The standard InChI is InChI=1S/C12H17F3NO3PS/c1-3-18-20(17,19-4-2)11(16)9-5-7-10(8-6-9)21-12(13,14)15/h5-8,11H,3-4,16H2,1-2H3/t11-/m0/s1. The SMILES string of the molecule is CCOP(=O)(OCC)[C@H](N)c1ccc(SC(F)(F)F)cc1. The second kappa shape index (κ2) is 7.65. The maximum absolute atomic E-state index is 12.5. The van der Waals surface area contributed by atoms with Crippen LogP contribution in [0.25, 0.3) is 0 Å². The molecule has 120 valence electrons. The molecule has 0 heterocycles. The van der Waals surface area contributed by atoms with Gasteiger partial charge in [-0.2, -0.15) is 13.2 Å². The third-order valence-corrected chi connectivity index (χ3v) is 5.37. The summed E-state index contributed by atoms with van der Waals surface area (Å²) < 4.78 is 59.4. The first-order valence-corrected chi connectivity index (χ1v) is 8.64. The van der Waals surface area contributed by atoms with Crippen LogP contribution in [0.2, 0.25) is 0 Å². The summed E-state index contributed by atoms with van der Waals surface area (Å²) in [6.07, 6.45) is 0. The van der Waals surface area contributed by atoms with Gasteiger partial charge in [-0.1, -0.05) is 12.1 Å². The fourth-order valence-corrected chi connectivity index (χ4v) is 3.80. The summed E-state index contributed by atoms with van der Waals surface area (Å²) in [6, 6.07) is 5.33. The van der Waals surface area contributed by atoms with E-state index in [1.807, 2.05) is 0 Å². The monoisotopic (exact) mass is 343 g/mol. The topological polar surface area (TPSA) is 61.5 Å². The van der Waals surface area contributed by atoms with Crippen molar-refractivity contribution < 1.29 is 26.8 Å². The molecule has 0 aliphatic heterocycles. The van der Waals surface area contributed by atoms with E-state index in [1.165, 1.54) is 24.3 Å². The average Bonchev–Trinajstić information content (AvgIpc) is 2.37. The van der Waals surface area contributed by atoms with E-state index in [-0.39, 0.29) is 29.9 Å². The number of benzene rings is 1. The summed E-state index contributed by atoms with van der Waals surface area (Å²) in [5.74, 6) is -1.04. The van der Waals surface area contributed by atoms with Crippen molar-refractivity contribution in [3.63, 3.8) is 0 Å². The second-order valence-electron chi connectivity index (χ2n) is 3.94. The number of alkyl halides is 3. The molecule has 0 radical (unpaired) electrons. The number of hydrogen-bond donors (Lipinski definition) is 1. The Bertz CT molecular complexity index is 486. The van der Waals surface area contributed by atoms with Crippen molar-refractivity contribution in [3.05, 3.63) is 29.8 Å². The number of halogens is 3. The first-order valence-electron chi connectivity index (χ1n) is 6.22. The molecule has 2 N–H and O–H groups in total. The van der Waals surface area contributed by atoms with Crippen LogP contribution in [0.15, 0.2) is 29.2 Å². The van der Waals surface area contributed by atoms with E-state index >= 15 is 0 Å². The molecule has 0 aromatic heterocycles. The van der Waals surface area contributed by atoms with Crippen LogP contribution in [-0.4, -0.2) is 18.7 Å². The summed E-state index contributed by atoms with van der Waals surface area (Å²) in [6.45, 7) is 3.63. The van der Waals surface area contributed by atoms with Gasteiger partial charge in [0, 0.05) is 4.90 Å². The first-order chi connectivity index (χ1) is 9.72. The smallest absolute Gasteiger partial charge is 0.314 e. The molecule has 0 saturated heterocycles. The van der Waals surface area contributed by atoms with E-state index in [2.05, 4.69) is 0 Å². The zero-order chi connectivity index (χ0) is 16.1. The molecule has 21 heavy (non-hydrogen) atoms. The van der Waals surface area contributed by atoms with Gasteiger partial charge in [-0.3, -0.25) is 4.57 Å². The lowest BCUT2D eigenvalue weighted by Crippen LogP contribution is -2.15. The molecule has 0 spiro atoms. The van der Waals surface area contributed by atoms with E-state index < -0.39 is 18.9 Å². The van der Waals surface area contributed by atoms with Gasteiger partial charge in [-0.25, -0.2) is 0 Å². The highest BCUT2D eigenvalue weighted by Crippen LogP contribution is 2.58. The fraction of sp³-hybridized carbons (Fsp3) is 0.500. The van der Waals surface area contributed by atoms with Crippen molar-refractivity contribution in [3.8, 4) is 0 Å². The lowest BCUT2D eigenvalue weighted by atomic mass is 10.2. The number of thioether (sulfide) groups is 1. The minimum Gasteiger partial charge on any atom is -0.314 e. The Hall–Kier alpha value is -0.530. The van der Waals surface area contributed by atoms with Gasteiger partial charge in [0.25, 0.3) is 0 Å². The number of nitrogens with two attached hydrogens (primary N) is 1. The van der Waals surface area contributed by atoms with E-state index in [9.17, 15) is 17.7 Å². The quantitative estimate of drug-likeness (QED) is 0.582. The Labute approximate surface area is 125 Å². The average molecular weight is 343 g/mol. The summed E-state index contributed by atoms with van der Waals surface area (Å²) in [4.78, 5) is 0.0288. The van der Waals surface area contributed by atoms with Gasteiger partial charge >= 0.3 is 13.1 Å². The summed E-state index contributed by atoms with van der Waals surface area (Å²) in [7, 11) is -3.54. The largest absolute Gasteiger partial charge is 0.446 e. The van der Waals surface area contributed by atoms with Crippen molar-refractivity contribution >= 4 is 19.4 Å². The van der Waals surface area contributed by atoms with Crippen molar-refractivity contribution in [2.24, 2.45) is 5.73 Å². The highest BCUT2D eigenvalue weighted by molar-refractivity contribution is 8.00. The van der Waals surface area contributed by atoms with Crippen molar-refractivity contribution in [1.82, 2.24) is 0 Å². The van der Waals surface area contributed by atoms with Crippen LogP contribution in [0.3, 0.4) is 0 Å². The predicted molar refractivity (Wildman–Crippen MR) is 76.1 cm³/mol. The lowest BCUT2D eigenvalue weighted by Gasteiger charge is -2.23. The summed E-state index contributed by atoms with van der Waals surface area (Å²) in [5, 5.41) is 0. The zero-order valence-electron chi connectivity index (χ0n) is 11.6. The van der Waals surface area contributed by atoms with Crippen molar-refractivity contribution in [1.29, 1.82) is 0 Å². The Morgan fingerprint density at radius 2 is 1.67 bits per heavy atom. The molecule has 1 aromatic carbocycles. The van der Waals surface area contributed by atoms with Gasteiger partial charge in [-0.05, 0) is 43.3 Å². The van der Waals surface area contributed by atoms with Gasteiger partial charge in [0.15, 0.2) is 0 Å². The highest BCUT2D eigenvalue weighted by Gasteiger charge is 2.34. The molecule has 0 aliphatic rings. The van der Waals surface area contributed by atoms with E-state index in [4.69, 9.17) is 14.8 Å². The molecular formula is C12H17F3NO3PS. The summed E-state index contributed by atoms with van der Waals surface area (Å²) in [5.41, 5.74) is 1.92. The Morgan fingerprint density at radius 3 is 2.05 bits per heavy atom. The predicted octanol–water partition coefficient (Wildman–Crippen LogP) is 4.52. The maximum Gasteiger partial charge on any atom is 0.446 e. The third-order valence-electron chi connectivity index (χ3n) is 2.41. The molecule has 0 unspecified atom stereocenters. The van der Waals surface area contributed by atoms with Gasteiger partial charge in [0.1, 0.15) is 5.78 Å². The van der Waals surface area contributed by atoms with Gasteiger partial charge < -0.3 is 14.8 Å². The van der Waals surface area contributed by atoms with Crippen LogP contribution in [0, 0.1) is 0 Å². The van der Waals surface area contributed by atoms with E-state index in [1.54, 1.807) is 13.8 Å². The molecule has 1 atom stereocenters. The molecule has 0 fully saturated rings. The van der Waals surface area contributed by atoms with Crippen molar-refractivity contribution in [2.75, 3.05) is 13.2 Å². The van der Waals surface area contributed by atoms with E-state index in [0.717, 1.165) is 0 Å². The van der Waals surface area contributed by atoms with Crippen LogP contribution >= 0.6 is 19.4 Å². The van der Waals surface area contributed by atoms with Crippen LogP contribution in [0.4, 0.5) is 13.2 Å². The second-order valence-corrected chi connectivity index (χ2v) is 7.23. The fourth-order valence-electron chi connectivity index (χ4n) is 1.61. The van der Waals surface area contributed by atoms with Crippen molar-refractivity contribution in [2.45, 2.75) is 30.0 Å². The Morgan fingerprint density at radius 1 is 1.19 bits per heavy atom. The molecule has 0 aliphatic carbocycles. The third kappa shape index (κ3) is 5.64. The van der Waals surface area contributed by atoms with Gasteiger partial charge in [-0.15, -0.1) is 0 Å². The molecule has 0 saturated carbocycles. The molecule has 1 rings (SSSR count). The summed E-state index contributed by atoms with van der Waals surface area (Å²) >= 11 is -0.223. The van der Waals surface area contributed by atoms with Crippen LogP contribution in [0.5, 0.6) is 0 Å². The number of hydrogen-bond acceptors (Lipinski definition) is 5. The van der Waals surface area contributed by atoms with Gasteiger partial charge in [0.2, 0.25) is 0 Å². The normalized spacial score (nSPS) is 14.2. The zero-order valence-corrected chi connectivity index (χ0v) is 13.3. The maximum atomic E-state index is 12.5. The van der Waals surface area contributed by atoms with Crippen LogP contribution < -0.4 is 5.73 Å². The lowest BCUT2D eigenvalue weighted by molar-refractivity contribution is -0.0328.